The average molecular weight is 259 g/mol. The van der Waals surface area contributed by atoms with Crippen molar-refractivity contribution >= 4 is 17.8 Å². The van der Waals surface area contributed by atoms with Crippen molar-refractivity contribution in [3.63, 3.8) is 0 Å². The van der Waals surface area contributed by atoms with E-state index < -0.39 is 0 Å². The smallest absolute Gasteiger partial charge is 0.185 e. The fourth-order valence-electron chi connectivity index (χ4n) is 2.53. The predicted octanol–water partition coefficient (Wildman–Crippen LogP) is 0.762. The van der Waals surface area contributed by atoms with Crippen LogP contribution in [0.25, 0.3) is 0 Å². The summed E-state index contributed by atoms with van der Waals surface area (Å²) in [7, 11) is 0. The Kier molecular flexibility index (Phi) is 3.57. The van der Waals surface area contributed by atoms with Crippen molar-refractivity contribution in [1.29, 1.82) is 0 Å². The van der Waals surface area contributed by atoms with Crippen LogP contribution < -0.4 is 4.90 Å². The van der Waals surface area contributed by atoms with E-state index in [1.807, 2.05) is 35.2 Å². The Balaban J connectivity index is 1.78. The first-order chi connectivity index (χ1) is 9.38. The lowest BCUT2D eigenvalue weighted by atomic mass is 10.2. The quantitative estimate of drug-likeness (QED) is 0.752. The number of benzene rings is 1. The molecule has 5 nitrogen and oxygen atoms in total. The average Bonchev–Trinajstić information content (AvgIpc) is 2.93. The van der Waals surface area contributed by atoms with Crippen molar-refractivity contribution in [3.05, 3.63) is 30.3 Å². The molecule has 5 heteroatoms. The molecule has 1 atom stereocenters. The molecule has 2 aliphatic heterocycles. The van der Waals surface area contributed by atoms with E-state index >= 15 is 0 Å². The van der Waals surface area contributed by atoms with Gasteiger partial charge in [-0.05, 0) is 12.1 Å². The number of ether oxygens (including phenoxy) is 1. The zero-order chi connectivity index (χ0) is 13.1. The van der Waals surface area contributed by atoms with E-state index in [1.54, 1.807) is 0 Å². The number of nitrogens with zero attached hydrogens (tertiary/aromatic N) is 3. The fourth-order valence-corrected chi connectivity index (χ4v) is 2.53. The van der Waals surface area contributed by atoms with Crippen LogP contribution in [0.2, 0.25) is 0 Å². The van der Waals surface area contributed by atoms with Crippen LogP contribution in [0.3, 0.4) is 0 Å². The molecule has 0 radical (unpaired) electrons. The summed E-state index contributed by atoms with van der Waals surface area (Å²) in [6.07, 6.45) is 0.900. The van der Waals surface area contributed by atoms with E-state index in [1.165, 1.54) is 0 Å². The number of aldehydes is 1. The van der Waals surface area contributed by atoms with Gasteiger partial charge < -0.3 is 9.64 Å². The minimum absolute atomic E-state index is 0.0595. The van der Waals surface area contributed by atoms with E-state index in [9.17, 15) is 4.79 Å². The number of amidine groups is 1. The van der Waals surface area contributed by atoms with Crippen LogP contribution in [0, 0.1) is 0 Å². The Morgan fingerprint density at radius 1 is 1.21 bits per heavy atom. The molecule has 0 aliphatic carbocycles. The van der Waals surface area contributed by atoms with Gasteiger partial charge in [0, 0.05) is 18.8 Å². The maximum Gasteiger partial charge on any atom is 0.185 e. The Morgan fingerprint density at radius 2 is 1.95 bits per heavy atom. The van der Waals surface area contributed by atoms with Crippen LogP contribution in [0.4, 0.5) is 5.69 Å². The Morgan fingerprint density at radius 3 is 2.63 bits per heavy atom. The minimum Gasteiger partial charge on any atom is -0.379 e. The van der Waals surface area contributed by atoms with E-state index in [2.05, 4.69) is 9.89 Å². The van der Waals surface area contributed by atoms with Crippen LogP contribution in [-0.2, 0) is 9.53 Å². The van der Waals surface area contributed by atoms with Gasteiger partial charge in [0.1, 0.15) is 6.17 Å². The van der Waals surface area contributed by atoms with Gasteiger partial charge in [-0.1, -0.05) is 18.2 Å². The summed E-state index contributed by atoms with van der Waals surface area (Å²) in [5, 5.41) is 0. The van der Waals surface area contributed by atoms with E-state index in [4.69, 9.17) is 4.74 Å². The van der Waals surface area contributed by atoms with Crippen LogP contribution in [-0.4, -0.2) is 56.0 Å². The third-order valence-corrected chi connectivity index (χ3v) is 3.54. The molecule has 1 aromatic rings. The number of para-hydroxylation sites is 1. The molecule has 3 rings (SSSR count). The molecule has 0 bridgehead atoms. The maximum atomic E-state index is 11.2. The van der Waals surface area contributed by atoms with E-state index in [-0.39, 0.29) is 6.17 Å². The van der Waals surface area contributed by atoms with Crippen molar-refractivity contribution in [2.24, 2.45) is 4.99 Å². The number of morpholine rings is 1. The van der Waals surface area contributed by atoms with Gasteiger partial charge in [0.05, 0.1) is 19.8 Å². The van der Waals surface area contributed by atoms with Gasteiger partial charge in [-0.2, -0.15) is 0 Å². The first-order valence-corrected chi connectivity index (χ1v) is 6.56. The lowest BCUT2D eigenvalue weighted by molar-refractivity contribution is -0.102. The number of anilines is 1. The monoisotopic (exact) mass is 259 g/mol. The number of hydrogen-bond donors (Lipinski definition) is 0. The molecule has 1 fully saturated rings. The molecule has 0 aromatic heterocycles. The first kappa shape index (κ1) is 12.3. The molecule has 100 valence electrons. The summed E-state index contributed by atoms with van der Waals surface area (Å²) in [5.74, 6) is 0.516. The van der Waals surface area contributed by atoms with Gasteiger partial charge in [-0.25, -0.2) is 4.99 Å². The minimum atomic E-state index is 0.0595. The third-order valence-electron chi connectivity index (χ3n) is 3.54. The standard InChI is InChI=1S/C14H17N3O2/c18-11-14-15-13(16-6-8-19-9-7-16)10-17(14)12-4-2-1-3-5-12/h1-5,11,13H,6-10H2. The number of rotatable bonds is 3. The van der Waals surface area contributed by atoms with Crippen LogP contribution in [0.15, 0.2) is 35.3 Å². The van der Waals surface area contributed by atoms with Crippen molar-refractivity contribution in [2.75, 3.05) is 37.7 Å². The lowest BCUT2D eigenvalue weighted by Gasteiger charge is -2.30. The third kappa shape index (κ3) is 2.52. The number of carbonyl (C=O) groups is 1. The second-order valence-corrected chi connectivity index (χ2v) is 4.68. The number of hydrogen-bond acceptors (Lipinski definition) is 5. The van der Waals surface area contributed by atoms with Gasteiger partial charge >= 0.3 is 0 Å². The zero-order valence-electron chi connectivity index (χ0n) is 10.7. The molecule has 2 heterocycles. The van der Waals surface area contributed by atoms with Gasteiger partial charge in [0.2, 0.25) is 0 Å². The predicted molar refractivity (Wildman–Crippen MR) is 73.5 cm³/mol. The zero-order valence-corrected chi connectivity index (χ0v) is 10.7. The van der Waals surface area contributed by atoms with Crippen molar-refractivity contribution in [3.8, 4) is 0 Å². The fraction of sp³-hybridized carbons (Fsp3) is 0.429. The van der Waals surface area contributed by atoms with Gasteiger partial charge in [0.25, 0.3) is 0 Å². The summed E-state index contributed by atoms with van der Waals surface area (Å²) >= 11 is 0. The molecule has 0 spiro atoms. The lowest BCUT2D eigenvalue weighted by Crippen LogP contribution is -2.45. The molecule has 19 heavy (non-hydrogen) atoms. The van der Waals surface area contributed by atoms with Crippen molar-refractivity contribution < 1.29 is 9.53 Å². The highest BCUT2D eigenvalue weighted by atomic mass is 16.5. The van der Waals surface area contributed by atoms with Gasteiger partial charge in [-0.3, -0.25) is 9.69 Å². The second kappa shape index (κ2) is 5.50. The van der Waals surface area contributed by atoms with Crippen LogP contribution in [0.1, 0.15) is 0 Å². The van der Waals surface area contributed by atoms with Crippen molar-refractivity contribution in [2.45, 2.75) is 6.17 Å². The molecule has 1 unspecified atom stereocenters. The molecule has 0 N–H and O–H groups in total. The SMILES string of the molecule is O=CC1=NC(N2CCOCC2)CN1c1ccccc1. The molecule has 1 saturated heterocycles. The summed E-state index contributed by atoms with van der Waals surface area (Å²) in [6, 6.07) is 9.91. The number of carbonyl (C=O) groups excluding carboxylic acids is 1. The summed E-state index contributed by atoms with van der Waals surface area (Å²) in [5.41, 5.74) is 1.02. The molecule has 0 saturated carbocycles. The summed E-state index contributed by atoms with van der Waals surface area (Å²) in [6.45, 7) is 3.98. The highest BCUT2D eigenvalue weighted by Gasteiger charge is 2.30. The Labute approximate surface area is 112 Å². The van der Waals surface area contributed by atoms with E-state index in [0.29, 0.717) is 5.84 Å². The Bertz CT molecular complexity index is 469. The molecule has 2 aliphatic rings. The topological polar surface area (TPSA) is 45.1 Å². The normalized spacial score (nSPS) is 24.3. The maximum absolute atomic E-state index is 11.2. The van der Waals surface area contributed by atoms with Crippen molar-refractivity contribution in [1.82, 2.24) is 4.90 Å². The molecular formula is C14H17N3O2. The number of aliphatic imine (C=N–C) groups is 1. The second-order valence-electron chi connectivity index (χ2n) is 4.68. The Hall–Kier alpha value is -1.72. The molecule has 1 aromatic carbocycles. The van der Waals surface area contributed by atoms with E-state index in [0.717, 1.165) is 44.8 Å². The largest absolute Gasteiger partial charge is 0.379 e. The first-order valence-electron chi connectivity index (χ1n) is 6.56. The highest BCUT2D eigenvalue weighted by molar-refractivity contribution is 6.34. The molecule has 0 amide bonds. The van der Waals surface area contributed by atoms with Crippen LogP contribution in [0.5, 0.6) is 0 Å². The molecular weight excluding hydrogens is 242 g/mol. The summed E-state index contributed by atoms with van der Waals surface area (Å²) in [4.78, 5) is 20.0. The van der Waals surface area contributed by atoms with Gasteiger partial charge in [-0.15, -0.1) is 0 Å². The van der Waals surface area contributed by atoms with Gasteiger partial charge in [0.15, 0.2) is 12.1 Å². The summed E-state index contributed by atoms with van der Waals surface area (Å²) < 4.78 is 5.35. The highest BCUT2D eigenvalue weighted by Crippen LogP contribution is 2.21. The van der Waals surface area contributed by atoms with Crippen LogP contribution >= 0.6 is 0 Å².